The van der Waals surface area contributed by atoms with Gasteiger partial charge in [0.05, 0.1) is 4.92 Å². The van der Waals surface area contributed by atoms with Crippen LogP contribution in [0.1, 0.15) is 24.1 Å². The smallest absolute Gasteiger partial charge is 0.318 e. The average molecular weight is 269 g/mol. The molecule has 0 spiro atoms. The molecule has 0 aliphatic carbocycles. The van der Waals surface area contributed by atoms with Gasteiger partial charge < -0.3 is 5.32 Å². The Balaban J connectivity index is 1.99. The van der Waals surface area contributed by atoms with Crippen LogP contribution in [0.2, 0.25) is 0 Å². The first-order chi connectivity index (χ1) is 8.70. The summed E-state index contributed by atoms with van der Waals surface area (Å²) in [5.41, 5.74) is 0. The number of hydrogen-bond donors (Lipinski definition) is 1. The minimum atomic E-state index is -0.310. The van der Waals surface area contributed by atoms with Crippen LogP contribution < -0.4 is 5.32 Å². The molecule has 1 aromatic rings. The van der Waals surface area contributed by atoms with Crippen molar-refractivity contribution in [1.82, 2.24) is 10.2 Å². The van der Waals surface area contributed by atoms with Crippen molar-refractivity contribution in [1.29, 1.82) is 0 Å². The molecule has 1 saturated heterocycles. The molecule has 5 nitrogen and oxygen atoms in total. The summed E-state index contributed by atoms with van der Waals surface area (Å²) in [4.78, 5) is 13.9. The number of nitrogens with zero attached hydrogens (tertiary/aromatic N) is 2. The maximum Gasteiger partial charge on any atom is 0.324 e. The fourth-order valence-corrected chi connectivity index (χ4v) is 3.33. The van der Waals surface area contributed by atoms with Crippen molar-refractivity contribution >= 4 is 16.3 Å². The second kappa shape index (κ2) is 6.26. The third kappa shape index (κ3) is 3.28. The summed E-state index contributed by atoms with van der Waals surface area (Å²) in [6, 6.07) is 4.05. The minimum Gasteiger partial charge on any atom is -0.318 e. The Morgan fingerprint density at radius 2 is 2.39 bits per heavy atom. The molecule has 0 saturated carbocycles. The Labute approximate surface area is 111 Å². The second-order valence-corrected chi connectivity index (χ2v) is 5.82. The van der Waals surface area contributed by atoms with Gasteiger partial charge in [-0.1, -0.05) is 17.8 Å². The summed E-state index contributed by atoms with van der Waals surface area (Å²) in [5.74, 6) is 0. The molecule has 0 bridgehead atoms. The Kier molecular flexibility index (Phi) is 4.68. The molecule has 1 fully saturated rings. The molecule has 1 aromatic heterocycles. The highest BCUT2D eigenvalue weighted by molar-refractivity contribution is 7.15. The van der Waals surface area contributed by atoms with E-state index in [0.29, 0.717) is 6.04 Å². The number of thiophene rings is 1. The molecule has 0 radical (unpaired) electrons. The predicted octanol–water partition coefficient (Wildman–Crippen LogP) is 2.23. The van der Waals surface area contributed by atoms with E-state index in [1.54, 1.807) is 6.07 Å². The molecule has 0 amide bonds. The molecule has 0 aromatic carbocycles. The molecule has 2 rings (SSSR count). The molecule has 100 valence electrons. The van der Waals surface area contributed by atoms with Gasteiger partial charge in [-0.3, -0.25) is 15.0 Å². The van der Waals surface area contributed by atoms with Gasteiger partial charge in [0.2, 0.25) is 0 Å². The predicted molar refractivity (Wildman–Crippen MR) is 72.9 cm³/mol. The number of hydrogen-bond acceptors (Lipinski definition) is 5. The molecule has 6 heteroatoms. The highest BCUT2D eigenvalue weighted by Gasteiger charge is 2.22. The van der Waals surface area contributed by atoms with Gasteiger partial charge in [-0.05, 0) is 32.5 Å². The van der Waals surface area contributed by atoms with Gasteiger partial charge in [0.25, 0.3) is 0 Å². The number of nitro groups is 1. The first-order valence-corrected chi connectivity index (χ1v) is 7.14. The molecule has 1 aliphatic rings. The van der Waals surface area contributed by atoms with Crippen LogP contribution in [0.15, 0.2) is 12.1 Å². The van der Waals surface area contributed by atoms with E-state index in [-0.39, 0.29) is 9.92 Å². The third-order valence-corrected chi connectivity index (χ3v) is 4.40. The zero-order valence-corrected chi connectivity index (χ0v) is 11.4. The number of likely N-dealkylation sites (tertiary alicyclic amines) is 1. The Morgan fingerprint density at radius 1 is 1.56 bits per heavy atom. The van der Waals surface area contributed by atoms with Crippen molar-refractivity contribution in [2.45, 2.75) is 31.8 Å². The summed E-state index contributed by atoms with van der Waals surface area (Å²) in [5, 5.41) is 14.1. The Hall–Kier alpha value is -0.980. The normalized spacial score (nSPS) is 21.1. The summed E-state index contributed by atoms with van der Waals surface area (Å²) in [6.07, 6.45) is 3.73. The average Bonchev–Trinajstić information content (AvgIpc) is 2.81. The van der Waals surface area contributed by atoms with Gasteiger partial charge in [-0.25, -0.2) is 0 Å². The van der Waals surface area contributed by atoms with Crippen LogP contribution in [0.25, 0.3) is 0 Å². The summed E-state index contributed by atoms with van der Waals surface area (Å²) in [7, 11) is 1.97. The molecule has 1 N–H and O–H groups in total. The fourth-order valence-electron chi connectivity index (χ4n) is 2.48. The van der Waals surface area contributed by atoms with Crippen molar-refractivity contribution in [3.05, 3.63) is 27.1 Å². The lowest BCUT2D eigenvalue weighted by Gasteiger charge is -2.35. The van der Waals surface area contributed by atoms with Crippen LogP contribution in [0, 0.1) is 10.1 Å². The van der Waals surface area contributed by atoms with Gasteiger partial charge in [0.1, 0.15) is 0 Å². The molecule has 1 atom stereocenters. The van der Waals surface area contributed by atoms with Crippen molar-refractivity contribution in [3.63, 3.8) is 0 Å². The SMILES string of the molecule is CNCC1CCCCN1Cc1ccc([N+](=O)[O-])s1. The first kappa shape index (κ1) is 13.5. The Bertz CT molecular complexity index is 406. The van der Waals surface area contributed by atoms with E-state index in [1.807, 2.05) is 13.1 Å². The van der Waals surface area contributed by atoms with Crippen LogP contribution in [0.3, 0.4) is 0 Å². The quantitative estimate of drug-likeness (QED) is 0.658. The summed E-state index contributed by atoms with van der Waals surface area (Å²) >= 11 is 1.29. The molecular formula is C12H19N3O2S. The van der Waals surface area contributed by atoms with Gasteiger partial charge in [0.15, 0.2) is 0 Å². The lowest BCUT2D eigenvalue weighted by atomic mass is 10.0. The lowest BCUT2D eigenvalue weighted by molar-refractivity contribution is -0.380. The second-order valence-electron chi connectivity index (χ2n) is 4.67. The van der Waals surface area contributed by atoms with E-state index >= 15 is 0 Å². The van der Waals surface area contributed by atoms with Crippen LogP contribution >= 0.6 is 11.3 Å². The first-order valence-electron chi connectivity index (χ1n) is 6.32. The summed E-state index contributed by atoms with van der Waals surface area (Å²) in [6.45, 7) is 2.93. The molecular weight excluding hydrogens is 250 g/mol. The van der Waals surface area contributed by atoms with Gasteiger partial charge in [-0.15, -0.1) is 0 Å². The van der Waals surface area contributed by atoms with Crippen LogP contribution in [0.5, 0.6) is 0 Å². The monoisotopic (exact) mass is 269 g/mol. The maximum atomic E-state index is 10.7. The third-order valence-electron chi connectivity index (χ3n) is 3.38. The minimum absolute atomic E-state index is 0.243. The number of nitrogens with one attached hydrogen (secondary N) is 1. The van der Waals surface area contributed by atoms with Crippen LogP contribution in [0.4, 0.5) is 5.00 Å². The topological polar surface area (TPSA) is 58.4 Å². The molecule has 1 unspecified atom stereocenters. The van der Waals surface area contributed by atoms with Crippen molar-refractivity contribution in [3.8, 4) is 0 Å². The van der Waals surface area contributed by atoms with Crippen molar-refractivity contribution in [2.24, 2.45) is 0 Å². The van der Waals surface area contributed by atoms with E-state index in [1.165, 1.54) is 30.6 Å². The highest BCUT2D eigenvalue weighted by Crippen LogP contribution is 2.27. The summed E-state index contributed by atoms with van der Waals surface area (Å²) < 4.78 is 0. The van der Waals surface area contributed by atoms with E-state index < -0.39 is 0 Å². The van der Waals surface area contributed by atoms with E-state index in [2.05, 4.69) is 10.2 Å². The van der Waals surface area contributed by atoms with E-state index in [0.717, 1.165) is 24.5 Å². The van der Waals surface area contributed by atoms with Gasteiger partial charge >= 0.3 is 5.00 Å². The number of likely N-dealkylation sites (N-methyl/N-ethyl adjacent to an activating group) is 1. The highest BCUT2D eigenvalue weighted by atomic mass is 32.1. The van der Waals surface area contributed by atoms with E-state index in [9.17, 15) is 10.1 Å². The van der Waals surface area contributed by atoms with Crippen molar-refractivity contribution in [2.75, 3.05) is 20.1 Å². The molecule has 2 heterocycles. The van der Waals surface area contributed by atoms with Gasteiger partial charge in [0, 0.05) is 30.1 Å². The number of rotatable bonds is 5. The zero-order chi connectivity index (χ0) is 13.0. The van der Waals surface area contributed by atoms with E-state index in [4.69, 9.17) is 0 Å². The maximum absolute atomic E-state index is 10.7. The molecule has 1 aliphatic heterocycles. The zero-order valence-electron chi connectivity index (χ0n) is 10.6. The van der Waals surface area contributed by atoms with Crippen molar-refractivity contribution < 1.29 is 4.92 Å². The largest absolute Gasteiger partial charge is 0.324 e. The standard InChI is InChI=1S/C12H19N3O2S/c1-13-8-10-4-2-3-7-14(10)9-11-5-6-12(18-11)15(16)17/h5-6,10,13H,2-4,7-9H2,1H3. The lowest BCUT2D eigenvalue weighted by Crippen LogP contribution is -2.44. The van der Waals surface area contributed by atoms with Crippen LogP contribution in [-0.4, -0.2) is 36.0 Å². The Morgan fingerprint density at radius 3 is 3.06 bits per heavy atom. The van der Waals surface area contributed by atoms with Crippen LogP contribution in [-0.2, 0) is 6.54 Å². The molecule has 18 heavy (non-hydrogen) atoms. The number of piperidine rings is 1. The van der Waals surface area contributed by atoms with Gasteiger partial charge in [-0.2, -0.15) is 0 Å². The fraction of sp³-hybridized carbons (Fsp3) is 0.667.